The second kappa shape index (κ2) is 8.01. The molecule has 2 unspecified atom stereocenters. The zero-order chi connectivity index (χ0) is 18.7. The summed E-state index contributed by atoms with van der Waals surface area (Å²) in [5.41, 5.74) is 1.99. The van der Waals surface area contributed by atoms with Gasteiger partial charge in [0.25, 0.3) is 5.91 Å². The second-order valence-electron chi connectivity index (χ2n) is 6.83. The molecule has 140 valence electrons. The Hall–Kier alpha value is -2.18. The molecule has 0 bridgehead atoms. The van der Waals surface area contributed by atoms with Crippen molar-refractivity contribution < 1.29 is 14.3 Å². The van der Waals surface area contributed by atoms with Crippen LogP contribution < -0.4 is 5.32 Å². The molecule has 1 aromatic carbocycles. The summed E-state index contributed by atoms with van der Waals surface area (Å²) in [6.07, 6.45) is 2.22. The monoisotopic (exact) mass is 359 g/mol. The summed E-state index contributed by atoms with van der Waals surface area (Å²) < 4.78 is 15.9. The predicted octanol–water partition coefficient (Wildman–Crippen LogP) is 2.78. The fourth-order valence-electron chi connectivity index (χ4n) is 3.83. The second-order valence-corrected chi connectivity index (χ2v) is 6.83. The van der Waals surface area contributed by atoms with Crippen molar-refractivity contribution in [3.8, 4) is 0 Å². The van der Waals surface area contributed by atoms with Crippen LogP contribution in [0.4, 0.5) is 4.39 Å². The van der Waals surface area contributed by atoms with Crippen molar-refractivity contribution in [1.82, 2.24) is 14.8 Å². The molecule has 1 amide bonds. The number of carbonyl (C=O) groups is 1. The molecule has 0 aliphatic carbocycles. The van der Waals surface area contributed by atoms with Gasteiger partial charge in [0.1, 0.15) is 11.5 Å². The lowest BCUT2D eigenvalue weighted by molar-refractivity contribution is 0.0623. The Kier molecular flexibility index (Phi) is 5.74. The third-order valence-electron chi connectivity index (χ3n) is 5.25. The van der Waals surface area contributed by atoms with Crippen molar-refractivity contribution in [2.75, 3.05) is 20.1 Å². The Morgan fingerprint density at radius 3 is 2.81 bits per heavy atom. The zero-order valence-electron chi connectivity index (χ0n) is 15.3. The third-order valence-corrected chi connectivity index (χ3v) is 5.25. The van der Waals surface area contributed by atoms with Crippen LogP contribution in [0.2, 0.25) is 0 Å². The molecule has 1 aliphatic rings. The number of benzene rings is 1. The summed E-state index contributed by atoms with van der Waals surface area (Å²) in [5, 5.41) is 13.2. The number of hydrogen-bond donors (Lipinski definition) is 2. The molecule has 1 fully saturated rings. The normalized spacial score (nSPS) is 19.3. The first-order chi connectivity index (χ1) is 12.5. The average Bonchev–Trinajstić information content (AvgIpc) is 3.03. The zero-order valence-corrected chi connectivity index (χ0v) is 15.3. The first kappa shape index (κ1) is 18.6. The van der Waals surface area contributed by atoms with Gasteiger partial charge >= 0.3 is 0 Å². The summed E-state index contributed by atoms with van der Waals surface area (Å²) >= 11 is 0. The summed E-state index contributed by atoms with van der Waals surface area (Å²) in [7, 11) is 3.51. The fraction of sp³-hybridized carbons (Fsp3) is 0.450. The largest absolute Gasteiger partial charge is 0.387 e. The lowest BCUT2D eigenvalue weighted by Gasteiger charge is -2.37. The van der Waals surface area contributed by atoms with Crippen molar-refractivity contribution in [2.45, 2.75) is 31.4 Å². The number of rotatable bonds is 5. The van der Waals surface area contributed by atoms with E-state index in [1.165, 1.54) is 6.07 Å². The molecular weight excluding hydrogens is 333 g/mol. The van der Waals surface area contributed by atoms with E-state index in [0.717, 1.165) is 31.5 Å². The van der Waals surface area contributed by atoms with E-state index >= 15 is 0 Å². The van der Waals surface area contributed by atoms with Gasteiger partial charge in [0.15, 0.2) is 0 Å². The maximum Gasteiger partial charge on any atom is 0.267 e. The van der Waals surface area contributed by atoms with E-state index < -0.39 is 6.10 Å². The molecule has 2 N–H and O–H groups in total. The highest BCUT2D eigenvalue weighted by molar-refractivity contribution is 5.92. The standard InChI is InChI=1S/C20H26FN3O2/c1-22-20(26)18-11-10-16(23(18)2)17-9-5-6-12-24(17)13-19(25)14-7-3-4-8-15(14)21/h3-4,7-8,10-11,17,19,25H,5-6,9,12-13H2,1-2H3,(H,22,26). The van der Waals surface area contributed by atoms with Gasteiger partial charge in [-0.05, 0) is 37.6 Å². The summed E-state index contributed by atoms with van der Waals surface area (Å²) in [5.74, 6) is -0.498. The third kappa shape index (κ3) is 3.66. The molecule has 2 heterocycles. The molecule has 2 aromatic rings. The molecule has 26 heavy (non-hydrogen) atoms. The van der Waals surface area contributed by atoms with Gasteiger partial charge in [-0.2, -0.15) is 0 Å². The molecule has 1 aromatic heterocycles. The highest BCUT2D eigenvalue weighted by atomic mass is 19.1. The number of amides is 1. The molecule has 3 rings (SSSR count). The van der Waals surface area contributed by atoms with E-state index in [1.54, 1.807) is 25.2 Å². The molecule has 0 spiro atoms. The number of aliphatic hydroxyl groups excluding tert-OH is 1. The highest BCUT2D eigenvalue weighted by Crippen LogP contribution is 2.33. The van der Waals surface area contributed by atoms with Gasteiger partial charge in [0, 0.05) is 31.9 Å². The molecular formula is C20H26FN3O2. The van der Waals surface area contributed by atoms with Crippen LogP contribution in [0.25, 0.3) is 0 Å². The average molecular weight is 359 g/mol. The van der Waals surface area contributed by atoms with Crippen LogP contribution in [0.1, 0.15) is 53.2 Å². The molecule has 2 atom stereocenters. The van der Waals surface area contributed by atoms with Crippen LogP contribution in [0.5, 0.6) is 0 Å². The van der Waals surface area contributed by atoms with Gasteiger partial charge < -0.3 is 15.0 Å². The minimum Gasteiger partial charge on any atom is -0.387 e. The Morgan fingerprint density at radius 1 is 1.31 bits per heavy atom. The first-order valence-electron chi connectivity index (χ1n) is 9.07. The molecule has 0 radical (unpaired) electrons. The Morgan fingerprint density at radius 2 is 2.08 bits per heavy atom. The van der Waals surface area contributed by atoms with Crippen LogP contribution in [-0.2, 0) is 7.05 Å². The van der Waals surface area contributed by atoms with Gasteiger partial charge in [-0.1, -0.05) is 24.6 Å². The van der Waals surface area contributed by atoms with E-state index in [9.17, 15) is 14.3 Å². The predicted molar refractivity (Wildman–Crippen MR) is 98.3 cm³/mol. The lowest BCUT2D eigenvalue weighted by Crippen LogP contribution is -2.37. The van der Waals surface area contributed by atoms with Crippen molar-refractivity contribution in [2.24, 2.45) is 7.05 Å². The van der Waals surface area contributed by atoms with Gasteiger partial charge in [0.2, 0.25) is 0 Å². The number of likely N-dealkylation sites (tertiary alicyclic amines) is 1. The van der Waals surface area contributed by atoms with Crippen molar-refractivity contribution in [3.63, 3.8) is 0 Å². The van der Waals surface area contributed by atoms with Crippen LogP contribution in [-0.4, -0.2) is 40.6 Å². The van der Waals surface area contributed by atoms with Gasteiger partial charge in [-0.15, -0.1) is 0 Å². The van der Waals surface area contributed by atoms with Crippen molar-refractivity contribution >= 4 is 5.91 Å². The van der Waals surface area contributed by atoms with E-state index in [2.05, 4.69) is 10.2 Å². The fourth-order valence-corrected chi connectivity index (χ4v) is 3.83. The molecule has 0 saturated carbocycles. The number of aromatic nitrogens is 1. The number of piperidine rings is 1. The topological polar surface area (TPSA) is 57.5 Å². The van der Waals surface area contributed by atoms with Crippen molar-refractivity contribution in [3.05, 3.63) is 59.2 Å². The summed E-state index contributed by atoms with van der Waals surface area (Å²) in [6, 6.07) is 10.3. The minimum atomic E-state index is -0.879. The van der Waals surface area contributed by atoms with Crippen LogP contribution in [0.3, 0.4) is 0 Å². The maximum atomic E-state index is 14.0. The number of hydrogen-bond acceptors (Lipinski definition) is 3. The van der Waals surface area contributed by atoms with E-state index in [1.807, 2.05) is 23.7 Å². The molecule has 6 heteroatoms. The van der Waals surface area contributed by atoms with E-state index in [-0.39, 0.29) is 17.8 Å². The maximum absolute atomic E-state index is 14.0. The van der Waals surface area contributed by atoms with Crippen LogP contribution >= 0.6 is 0 Å². The minimum absolute atomic E-state index is 0.105. The molecule has 5 nitrogen and oxygen atoms in total. The van der Waals surface area contributed by atoms with Crippen LogP contribution in [0, 0.1) is 5.82 Å². The molecule has 1 aliphatic heterocycles. The quantitative estimate of drug-likeness (QED) is 0.863. The lowest BCUT2D eigenvalue weighted by atomic mass is 9.97. The van der Waals surface area contributed by atoms with E-state index in [4.69, 9.17) is 0 Å². The number of halogens is 1. The Balaban J connectivity index is 1.82. The highest BCUT2D eigenvalue weighted by Gasteiger charge is 2.29. The number of nitrogens with one attached hydrogen (secondary N) is 1. The van der Waals surface area contributed by atoms with Gasteiger partial charge in [-0.25, -0.2) is 4.39 Å². The van der Waals surface area contributed by atoms with Crippen molar-refractivity contribution in [1.29, 1.82) is 0 Å². The van der Waals surface area contributed by atoms with Gasteiger partial charge in [-0.3, -0.25) is 9.69 Å². The number of nitrogens with zero attached hydrogens (tertiary/aromatic N) is 2. The number of aliphatic hydroxyl groups is 1. The summed E-state index contributed by atoms with van der Waals surface area (Å²) in [6.45, 7) is 1.21. The SMILES string of the molecule is CNC(=O)c1ccc(C2CCCCN2CC(O)c2ccccc2F)n1C. The molecule has 1 saturated heterocycles. The first-order valence-corrected chi connectivity index (χ1v) is 9.07. The van der Waals surface area contributed by atoms with Crippen LogP contribution in [0.15, 0.2) is 36.4 Å². The number of β-amino-alcohol motifs (C(OH)–C–C–N with tert-alkyl or cyclic N) is 1. The van der Waals surface area contributed by atoms with Gasteiger partial charge in [0.05, 0.1) is 12.1 Å². The number of carbonyl (C=O) groups excluding carboxylic acids is 1. The Bertz CT molecular complexity index is 774. The smallest absolute Gasteiger partial charge is 0.267 e. The van der Waals surface area contributed by atoms with E-state index in [0.29, 0.717) is 17.8 Å². The summed E-state index contributed by atoms with van der Waals surface area (Å²) in [4.78, 5) is 14.2. The Labute approximate surface area is 153 Å².